The summed E-state index contributed by atoms with van der Waals surface area (Å²) in [6.45, 7) is 2.88. The minimum atomic E-state index is 0.731. The molecule has 3 heteroatoms. The molecule has 1 heterocycles. The van der Waals surface area contributed by atoms with Crippen LogP contribution in [0.1, 0.15) is 48.9 Å². The van der Waals surface area contributed by atoms with E-state index in [0.29, 0.717) is 0 Å². The van der Waals surface area contributed by atoms with Crippen molar-refractivity contribution in [2.45, 2.75) is 39.0 Å². The highest BCUT2D eigenvalue weighted by atomic mass is 35.5. The summed E-state index contributed by atoms with van der Waals surface area (Å²) < 4.78 is 6.01. The molecule has 0 atom stereocenters. The van der Waals surface area contributed by atoms with Gasteiger partial charge < -0.3 is 4.74 Å². The number of hydrogen-bond donors (Lipinski definition) is 0. The maximum absolute atomic E-state index is 6.01. The molecule has 1 aliphatic rings. The molecule has 1 fully saturated rings. The van der Waals surface area contributed by atoms with Gasteiger partial charge in [-0.2, -0.15) is 0 Å². The Kier molecular flexibility index (Phi) is 6.72. The van der Waals surface area contributed by atoms with Crippen molar-refractivity contribution in [1.82, 2.24) is 4.98 Å². The van der Waals surface area contributed by atoms with Gasteiger partial charge in [0.1, 0.15) is 11.4 Å². The summed E-state index contributed by atoms with van der Waals surface area (Å²) in [4.78, 5) is 4.48. The molecule has 2 nitrogen and oxygen atoms in total. The summed E-state index contributed by atoms with van der Waals surface area (Å²) >= 11 is 5.95. The molecule has 0 spiro atoms. The molecule has 0 radical (unpaired) electrons. The molecule has 2 aromatic carbocycles. The molecule has 152 valence electrons. The van der Waals surface area contributed by atoms with Gasteiger partial charge in [0.15, 0.2) is 0 Å². The molecule has 0 unspecified atom stereocenters. The van der Waals surface area contributed by atoms with E-state index in [1.54, 1.807) is 0 Å². The Labute approximate surface area is 184 Å². The molecule has 1 aliphatic carbocycles. The van der Waals surface area contributed by atoms with Gasteiger partial charge in [-0.05, 0) is 72.7 Å². The molecular formula is C27H26ClNO. The predicted molar refractivity (Wildman–Crippen MR) is 124 cm³/mol. The van der Waals surface area contributed by atoms with Gasteiger partial charge in [-0.25, -0.2) is 4.98 Å². The second-order valence-electron chi connectivity index (χ2n) is 7.96. The summed E-state index contributed by atoms with van der Waals surface area (Å²) in [5.41, 5.74) is 4.98. The van der Waals surface area contributed by atoms with Crippen molar-refractivity contribution in [2.24, 2.45) is 5.92 Å². The van der Waals surface area contributed by atoms with Crippen LogP contribution in [0.15, 0.2) is 60.8 Å². The van der Waals surface area contributed by atoms with Gasteiger partial charge in [0.25, 0.3) is 0 Å². The minimum Gasteiger partial charge on any atom is -0.493 e. The third-order valence-corrected chi connectivity index (χ3v) is 5.96. The van der Waals surface area contributed by atoms with Crippen molar-refractivity contribution in [3.63, 3.8) is 0 Å². The van der Waals surface area contributed by atoms with Crippen molar-refractivity contribution < 1.29 is 4.74 Å². The fraction of sp³-hybridized carbons (Fsp3) is 0.296. The molecule has 1 aromatic heterocycles. The Hall–Kier alpha value is -2.76. The number of nitrogens with zero attached hydrogens (tertiary/aromatic N) is 1. The molecule has 0 aliphatic heterocycles. The third-order valence-electron chi connectivity index (χ3n) is 5.71. The lowest BCUT2D eigenvalue weighted by atomic mass is 10.1. The molecule has 4 rings (SSSR count). The van der Waals surface area contributed by atoms with Gasteiger partial charge in [-0.3, -0.25) is 0 Å². The fourth-order valence-corrected chi connectivity index (χ4v) is 4.07. The van der Waals surface area contributed by atoms with E-state index < -0.39 is 0 Å². The first kappa shape index (κ1) is 20.5. The van der Waals surface area contributed by atoms with E-state index in [9.17, 15) is 0 Å². The van der Waals surface area contributed by atoms with E-state index in [0.717, 1.165) is 51.2 Å². The zero-order chi connectivity index (χ0) is 20.8. The number of halogens is 1. The van der Waals surface area contributed by atoms with Gasteiger partial charge >= 0.3 is 0 Å². The van der Waals surface area contributed by atoms with Crippen LogP contribution >= 0.6 is 11.6 Å². The highest BCUT2D eigenvalue weighted by Crippen LogP contribution is 2.28. The van der Waals surface area contributed by atoms with Crippen LogP contribution in [-0.2, 0) is 0 Å². The molecule has 3 aromatic rings. The van der Waals surface area contributed by atoms with E-state index in [1.165, 1.54) is 32.1 Å². The standard InChI is InChI=1S/C27H26ClNO/c1-20-18-22(7-15-27(20)30-17-16-21-4-2-3-5-21)6-13-26-14-10-24(19-29-26)23-8-11-25(28)12-9-23/h7-12,14-15,18-19,21H,2-5,16-17H2,1H3. The van der Waals surface area contributed by atoms with Crippen molar-refractivity contribution in [3.8, 4) is 28.7 Å². The van der Waals surface area contributed by atoms with E-state index >= 15 is 0 Å². The number of benzene rings is 2. The summed E-state index contributed by atoms with van der Waals surface area (Å²) in [6.07, 6.45) is 8.52. The molecule has 0 bridgehead atoms. The van der Waals surface area contributed by atoms with Gasteiger partial charge in [0.05, 0.1) is 6.61 Å². The first-order valence-corrected chi connectivity index (χ1v) is 11.0. The highest BCUT2D eigenvalue weighted by molar-refractivity contribution is 6.30. The van der Waals surface area contributed by atoms with Crippen LogP contribution in [0, 0.1) is 24.7 Å². The quantitative estimate of drug-likeness (QED) is 0.416. The number of aromatic nitrogens is 1. The molecular weight excluding hydrogens is 390 g/mol. The van der Waals surface area contributed by atoms with Gasteiger partial charge in [-0.1, -0.05) is 61.4 Å². The smallest absolute Gasteiger partial charge is 0.122 e. The zero-order valence-corrected chi connectivity index (χ0v) is 18.1. The minimum absolute atomic E-state index is 0.731. The summed E-state index contributed by atoms with van der Waals surface area (Å²) in [6, 6.07) is 17.9. The van der Waals surface area contributed by atoms with Crippen LogP contribution < -0.4 is 4.74 Å². The number of ether oxygens (including phenoxy) is 1. The maximum Gasteiger partial charge on any atom is 0.122 e. The van der Waals surface area contributed by atoms with Crippen molar-refractivity contribution in [2.75, 3.05) is 6.61 Å². The number of rotatable bonds is 5. The van der Waals surface area contributed by atoms with Crippen molar-refractivity contribution in [1.29, 1.82) is 0 Å². The third kappa shape index (κ3) is 5.43. The van der Waals surface area contributed by atoms with Crippen LogP contribution in [0.5, 0.6) is 5.75 Å². The fourth-order valence-electron chi connectivity index (χ4n) is 3.94. The van der Waals surface area contributed by atoms with Crippen molar-refractivity contribution >= 4 is 11.6 Å². The molecule has 30 heavy (non-hydrogen) atoms. The Morgan fingerprint density at radius 2 is 1.73 bits per heavy atom. The number of aryl methyl sites for hydroxylation is 1. The Balaban J connectivity index is 1.37. The van der Waals surface area contributed by atoms with E-state index in [-0.39, 0.29) is 0 Å². The van der Waals surface area contributed by atoms with Crippen LogP contribution in [-0.4, -0.2) is 11.6 Å². The van der Waals surface area contributed by atoms with E-state index in [2.05, 4.69) is 29.8 Å². The van der Waals surface area contributed by atoms with Crippen LogP contribution in [0.25, 0.3) is 11.1 Å². The maximum atomic E-state index is 6.01. The van der Waals surface area contributed by atoms with Crippen LogP contribution in [0.4, 0.5) is 0 Å². The molecule has 0 N–H and O–H groups in total. The average molecular weight is 416 g/mol. The lowest BCUT2D eigenvalue weighted by Crippen LogP contribution is -2.04. The monoisotopic (exact) mass is 415 g/mol. The average Bonchev–Trinajstić information content (AvgIpc) is 3.28. The topological polar surface area (TPSA) is 22.1 Å². The Morgan fingerprint density at radius 1 is 0.967 bits per heavy atom. The zero-order valence-electron chi connectivity index (χ0n) is 17.3. The molecule has 1 saturated carbocycles. The predicted octanol–water partition coefficient (Wildman–Crippen LogP) is 7.07. The normalized spacial score (nSPS) is 13.7. The Bertz CT molecular complexity index is 1040. The van der Waals surface area contributed by atoms with Crippen molar-refractivity contribution in [3.05, 3.63) is 82.6 Å². The molecule has 0 amide bonds. The van der Waals surface area contributed by atoms with E-state index in [1.807, 2.05) is 54.7 Å². The highest BCUT2D eigenvalue weighted by Gasteiger charge is 2.14. The van der Waals surface area contributed by atoms with Gasteiger partial charge in [0.2, 0.25) is 0 Å². The van der Waals surface area contributed by atoms with Crippen LogP contribution in [0.3, 0.4) is 0 Å². The molecule has 0 saturated heterocycles. The summed E-state index contributed by atoms with van der Waals surface area (Å²) in [5.74, 6) is 8.18. The second kappa shape index (κ2) is 9.83. The lowest BCUT2D eigenvalue weighted by Gasteiger charge is -2.12. The number of hydrogen-bond acceptors (Lipinski definition) is 2. The van der Waals surface area contributed by atoms with E-state index in [4.69, 9.17) is 16.3 Å². The van der Waals surface area contributed by atoms with Gasteiger partial charge in [-0.15, -0.1) is 0 Å². The largest absolute Gasteiger partial charge is 0.493 e. The number of pyridine rings is 1. The summed E-state index contributed by atoms with van der Waals surface area (Å²) in [7, 11) is 0. The Morgan fingerprint density at radius 3 is 2.43 bits per heavy atom. The SMILES string of the molecule is Cc1cc(C#Cc2ccc(-c3ccc(Cl)cc3)cn2)ccc1OCCC1CCCC1. The second-order valence-corrected chi connectivity index (χ2v) is 8.39. The first-order chi connectivity index (χ1) is 14.7. The summed E-state index contributed by atoms with van der Waals surface area (Å²) in [5, 5.41) is 0.731. The van der Waals surface area contributed by atoms with Gasteiger partial charge in [0, 0.05) is 22.3 Å². The lowest BCUT2D eigenvalue weighted by molar-refractivity contribution is 0.277. The first-order valence-electron chi connectivity index (χ1n) is 10.6. The van der Waals surface area contributed by atoms with Crippen LogP contribution in [0.2, 0.25) is 5.02 Å².